The van der Waals surface area contributed by atoms with Crippen LogP contribution in [-0.2, 0) is 11.2 Å². The van der Waals surface area contributed by atoms with E-state index < -0.39 is 6.10 Å². The molecule has 5 nitrogen and oxygen atoms in total. The van der Waals surface area contributed by atoms with Gasteiger partial charge in [0.05, 0.1) is 0 Å². The molecule has 1 unspecified atom stereocenters. The Labute approximate surface area is 141 Å². The summed E-state index contributed by atoms with van der Waals surface area (Å²) in [5.74, 6) is 1.80. The van der Waals surface area contributed by atoms with Gasteiger partial charge >= 0.3 is 0 Å². The Kier molecular flexibility index (Phi) is 4.89. The maximum absolute atomic E-state index is 12.3. The van der Waals surface area contributed by atoms with Crippen molar-refractivity contribution in [2.24, 2.45) is 0 Å². The number of hydrogen-bond acceptors (Lipinski definition) is 4. The van der Waals surface area contributed by atoms with Gasteiger partial charge < -0.3 is 19.5 Å². The molecule has 5 heteroatoms. The minimum Gasteiger partial charge on any atom is -0.486 e. The number of ether oxygens (including phenoxy) is 3. The summed E-state index contributed by atoms with van der Waals surface area (Å²) in [6.07, 6.45) is 0.367. The van der Waals surface area contributed by atoms with Crippen LogP contribution in [-0.4, -0.2) is 25.2 Å². The SMILES string of the molecule is CCc1ccc(OC(C)C(=O)Nc2ccc3c(c2)OCCO3)cc1. The van der Waals surface area contributed by atoms with E-state index in [2.05, 4.69) is 12.2 Å². The number of anilines is 1. The zero-order valence-electron chi connectivity index (χ0n) is 13.9. The maximum atomic E-state index is 12.3. The Morgan fingerprint density at radius 1 is 1.12 bits per heavy atom. The molecule has 1 aliphatic rings. The van der Waals surface area contributed by atoms with Gasteiger partial charge in [0.15, 0.2) is 17.6 Å². The molecule has 0 aliphatic carbocycles. The molecule has 126 valence electrons. The van der Waals surface area contributed by atoms with Crippen molar-refractivity contribution in [3.05, 3.63) is 48.0 Å². The molecule has 0 radical (unpaired) electrons. The van der Waals surface area contributed by atoms with E-state index in [1.807, 2.05) is 24.3 Å². The highest BCUT2D eigenvalue weighted by atomic mass is 16.6. The van der Waals surface area contributed by atoms with Crippen molar-refractivity contribution in [3.63, 3.8) is 0 Å². The van der Waals surface area contributed by atoms with E-state index in [1.165, 1.54) is 5.56 Å². The zero-order valence-corrected chi connectivity index (χ0v) is 13.9. The van der Waals surface area contributed by atoms with Gasteiger partial charge in [-0.15, -0.1) is 0 Å². The molecule has 0 aromatic heterocycles. The van der Waals surface area contributed by atoms with Crippen LogP contribution < -0.4 is 19.5 Å². The van der Waals surface area contributed by atoms with Gasteiger partial charge in [0.1, 0.15) is 19.0 Å². The summed E-state index contributed by atoms with van der Waals surface area (Å²) in [6, 6.07) is 13.1. The van der Waals surface area contributed by atoms with Crippen molar-refractivity contribution in [2.45, 2.75) is 26.4 Å². The van der Waals surface area contributed by atoms with Crippen molar-refractivity contribution >= 4 is 11.6 Å². The van der Waals surface area contributed by atoms with E-state index in [9.17, 15) is 4.79 Å². The van der Waals surface area contributed by atoms with E-state index in [4.69, 9.17) is 14.2 Å². The van der Waals surface area contributed by atoms with Gasteiger partial charge in [-0.3, -0.25) is 4.79 Å². The van der Waals surface area contributed by atoms with Gasteiger partial charge in [-0.25, -0.2) is 0 Å². The second-order valence-electron chi connectivity index (χ2n) is 5.61. The molecule has 2 aromatic rings. The molecule has 0 saturated carbocycles. The first-order valence-corrected chi connectivity index (χ1v) is 8.12. The summed E-state index contributed by atoms with van der Waals surface area (Å²) >= 11 is 0. The molecule has 1 heterocycles. The molecular weight excluding hydrogens is 306 g/mol. The van der Waals surface area contributed by atoms with E-state index in [0.29, 0.717) is 36.1 Å². The average Bonchev–Trinajstić information content (AvgIpc) is 2.62. The first-order chi connectivity index (χ1) is 11.7. The fraction of sp³-hybridized carbons (Fsp3) is 0.316. The predicted octanol–water partition coefficient (Wildman–Crippen LogP) is 3.43. The van der Waals surface area contributed by atoms with Crippen LogP contribution in [0.5, 0.6) is 17.2 Å². The second kappa shape index (κ2) is 7.25. The van der Waals surface area contributed by atoms with E-state index >= 15 is 0 Å². The lowest BCUT2D eigenvalue weighted by Gasteiger charge is -2.19. The molecule has 1 aliphatic heterocycles. The molecule has 1 atom stereocenters. The van der Waals surface area contributed by atoms with Crippen LogP contribution in [0, 0.1) is 0 Å². The van der Waals surface area contributed by atoms with E-state index in [0.717, 1.165) is 6.42 Å². The van der Waals surface area contributed by atoms with Gasteiger partial charge in [0.2, 0.25) is 0 Å². The topological polar surface area (TPSA) is 56.8 Å². The normalized spacial score (nSPS) is 13.9. The summed E-state index contributed by atoms with van der Waals surface area (Å²) in [5.41, 5.74) is 1.89. The van der Waals surface area contributed by atoms with E-state index in [1.54, 1.807) is 25.1 Å². The van der Waals surface area contributed by atoms with Crippen LogP contribution in [0.25, 0.3) is 0 Å². The fourth-order valence-corrected chi connectivity index (χ4v) is 2.43. The zero-order chi connectivity index (χ0) is 16.9. The lowest BCUT2D eigenvalue weighted by atomic mass is 10.2. The molecule has 1 N–H and O–H groups in total. The van der Waals surface area contributed by atoms with Crippen molar-refractivity contribution in [1.82, 2.24) is 0 Å². The molecular formula is C19H21NO4. The quantitative estimate of drug-likeness (QED) is 0.914. The third kappa shape index (κ3) is 3.79. The monoisotopic (exact) mass is 327 g/mol. The average molecular weight is 327 g/mol. The first-order valence-electron chi connectivity index (χ1n) is 8.12. The van der Waals surface area contributed by atoms with Crippen LogP contribution in [0.3, 0.4) is 0 Å². The van der Waals surface area contributed by atoms with Gasteiger partial charge in [-0.2, -0.15) is 0 Å². The highest BCUT2D eigenvalue weighted by molar-refractivity contribution is 5.94. The third-order valence-corrected chi connectivity index (χ3v) is 3.82. The maximum Gasteiger partial charge on any atom is 0.265 e. The Balaban J connectivity index is 1.61. The summed E-state index contributed by atoms with van der Waals surface area (Å²) in [5, 5.41) is 2.84. The van der Waals surface area contributed by atoms with Crippen LogP contribution in [0.15, 0.2) is 42.5 Å². The Hall–Kier alpha value is -2.69. The Morgan fingerprint density at radius 3 is 2.54 bits per heavy atom. The highest BCUT2D eigenvalue weighted by Gasteiger charge is 2.17. The predicted molar refractivity (Wildman–Crippen MR) is 92.0 cm³/mol. The molecule has 0 fully saturated rings. The van der Waals surface area contributed by atoms with Crippen molar-refractivity contribution in [1.29, 1.82) is 0 Å². The number of fused-ring (bicyclic) bond motifs is 1. The lowest BCUT2D eigenvalue weighted by molar-refractivity contribution is -0.122. The van der Waals surface area contributed by atoms with Crippen LogP contribution in [0.1, 0.15) is 19.4 Å². The molecule has 3 rings (SSSR count). The molecule has 0 bridgehead atoms. The summed E-state index contributed by atoms with van der Waals surface area (Å²) in [4.78, 5) is 12.3. The molecule has 1 amide bonds. The highest BCUT2D eigenvalue weighted by Crippen LogP contribution is 2.32. The number of amides is 1. The number of rotatable bonds is 5. The Bertz CT molecular complexity index is 712. The number of carbonyl (C=O) groups excluding carboxylic acids is 1. The van der Waals surface area contributed by atoms with Crippen LogP contribution in [0.2, 0.25) is 0 Å². The number of hydrogen-bond donors (Lipinski definition) is 1. The second-order valence-corrected chi connectivity index (χ2v) is 5.61. The lowest BCUT2D eigenvalue weighted by Crippen LogP contribution is -2.30. The van der Waals surface area contributed by atoms with Gasteiger partial charge in [-0.05, 0) is 43.2 Å². The minimum atomic E-state index is -0.606. The van der Waals surface area contributed by atoms with Crippen molar-refractivity contribution in [2.75, 3.05) is 18.5 Å². The van der Waals surface area contributed by atoms with Crippen molar-refractivity contribution < 1.29 is 19.0 Å². The standard InChI is InChI=1S/C19H21NO4/c1-3-14-4-7-16(8-5-14)24-13(2)19(21)20-15-6-9-17-18(12-15)23-11-10-22-17/h4-9,12-13H,3,10-11H2,1-2H3,(H,20,21). The fourth-order valence-electron chi connectivity index (χ4n) is 2.43. The Morgan fingerprint density at radius 2 is 1.83 bits per heavy atom. The molecule has 2 aromatic carbocycles. The summed E-state index contributed by atoms with van der Waals surface area (Å²) in [7, 11) is 0. The largest absolute Gasteiger partial charge is 0.486 e. The number of aryl methyl sites for hydroxylation is 1. The summed E-state index contributed by atoms with van der Waals surface area (Å²) in [6.45, 7) is 4.87. The molecule has 24 heavy (non-hydrogen) atoms. The molecule has 0 spiro atoms. The summed E-state index contributed by atoms with van der Waals surface area (Å²) < 4.78 is 16.7. The van der Waals surface area contributed by atoms with E-state index in [-0.39, 0.29) is 5.91 Å². The first kappa shape index (κ1) is 16.2. The molecule has 0 saturated heterocycles. The van der Waals surface area contributed by atoms with Crippen molar-refractivity contribution in [3.8, 4) is 17.2 Å². The van der Waals surface area contributed by atoms with Gasteiger partial charge in [0, 0.05) is 11.8 Å². The number of carbonyl (C=O) groups is 1. The van der Waals surface area contributed by atoms with Crippen LogP contribution >= 0.6 is 0 Å². The smallest absolute Gasteiger partial charge is 0.265 e. The van der Waals surface area contributed by atoms with Crippen LogP contribution in [0.4, 0.5) is 5.69 Å². The minimum absolute atomic E-state index is 0.216. The number of benzene rings is 2. The van der Waals surface area contributed by atoms with Gasteiger partial charge in [-0.1, -0.05) is 19.1 Å². The van der Waals surface area contributed by atoms with Gasteiger partial charge in [0.25, 0.3) is 5.91 Å². The number of nitrogens with one attached hydrogen (secondary N) is 1. The third-order valence-electron chi connectivity index (χ3n) is 3.82.